The number of para-hydroxylation sites is 2. The Kier molecular flexibility index (Phi) is 6.76. The Morgan fingerprint density at radius 1 is 1.08 bits per heavy atom. The van der Waals surface area contributed by atoms with Gasteiger partial charge in [0, 0.05) is 11.6 Å². The lowest BCUT2D eigenvalue weighted by molar-refractivity contribution is -0.116. The standard InChI is InChI=1S/C18H17F2NO3/c19-18(20)24-16-9-5-4-6-14(16)10-11-17(22)21-12-13-23-15-7-2-1-3-8-15/h1-11,18H,12-13H2,(H,21,22)/b11-10+. The number of nitrogens with one attached hydrogen (secondary N) is 1. The van der Waals surface area contributed by atoms with Gasteiger partial charge in [-0.25, -0.2) is 0 Å². The van der Waals surface area contributed by atoms with Crippen LogP contribution in [-0.2, 0) is 4.79 Å². The van der Waals surface area contributed by atoms with Crippen LogP contribution < -0.4 is 14.8 Å². The first-order valence-corrected chi connectivity index (χ1v) is 7.33. The minimum absolute atomic E-state index is 0.0176. The molecule has 0 unspecified atom stereocenters. The number of benzene rings is 2. The second-order valence-electron chi connectivity index (χ2n) is 4.70. The first kappa shape index (κ1) is 17.5. The molecule has 1 N–H and O–H groups in total. The smallest absolute Gasteiger partial charge is 0.387 e. The zero-order chi connectivity index (χ0) is 17.2. The average Bonchev–Trinajstić information content (AvgIpc) is 2.58. The van der Waals surface area contributed by atoms with E-state index >= 15 is 0 Å². The van der Waals surface area contributed by atoms with E-state index in [1.807, 2.05) is 30.3 Å². The minimum atomic E-state index is -2.91. The first-order chi connectivity index (χ1) is 11.6. The molecule has 0 bridgehead atoms. The van der Waals surface area contributed by atoms with Crippen LogP contribution in [-0.4, -0.2) is 25.7 Å². The van der Waals surface area contributed by atoms with Gasteiger partial charge in [0.1, 0.15) is 18.1 Å². The van der Waals surface area contributed by atoms with E-state index in [-0.39, 0.29) is 11.7 Å². The topological polar surface area (TPSA) is 47.6 Å². The monoisotopic (exact) mass is 333 g/mol. The second-order valence-corrected chi connectivity index (χ2v) is 4.70. The molecule has 0 aliphatic carbocycles. The van der Waals surface area contributed by atoms with Crippen LogP contribution in [0.2, 0.25) is 0 Å². The summed E-state index contributed by atoms with van der Waals surface area (Å²) < 4.78 is 34.4. The summed E-state index contributed by atoms with van der Waals surface area (Å²) in [7, 11) is 0. The molecule has 0 aliphatic heterocycles. The number of hydrogen-bond acceptors (Lipinski definition) is 3. The lowest BCUT2D eigenvalue weighted by atomic mass is 10.2. The van der Waals surface area contributed by atoms with Crippen LogP contribution in [0.25, 0.3) is 6.08 Å². The highest BCUT2D eigenvalue weighted by Crippen LogP contribution is 2.21. The summed E-state index contributed by atoms with van der Waals surface area (Å²) in [4.78, 5) is 11.7. The highest BCUT2D eigenvalue weighted by molar-refractivity contribution is 5.92. The van der Waals surface area contributed by atoms with Crippen molar-refractivity contribution in [2.75, 3.05) is 13.2 Å². The Hall–Kier alpha value is -2.89. The van der Waals surface area contributed by atoms with Gasteiger partial charge in [0.2, 0.25) is 5.91 Å². The zero-order valence-corrected chi connectivity index (χ0v) is 12.8. The predicted molar refractivity (Wildman–Crippen MR) is 87.1 cm³/mol. The van der Waals surface area contributed by atoms with Crippen molar-refractivity contribution in [3.05, 3.63) is 66.2 Å². The Labute approximate surface area is 138 Å². The van der Waals surface area contributed by atoms with Crippen LogP contribution in [0, 0.1) is 0 Å². The minimum Gasteiger partial charge on any atom is -0.492 e. The van der Waals surface area contributed by atoms with Gasteiger partial charge in [-0.2, -0.15) is 8.78 Å². The normalized spacial score (nSPS) is 10.8. The van der Waals surface area contributed by atoms with Crippen LogP contribution in [0.15, 0.2) is 60.7 Å². The summed E-state index contributed by atoms with van der Waals surface area (Å²) in [6, 6.07) is 15.5. The van der Waals surface area contributed by atoms with E-state index in [1.165, 1.54) is 18.2 Å². The van der Waals surface area contributed by atoms with Gasteiger partial charge in [-0.15, -0.1) is 0 Å². The molecule has 24 heavy (non-hydrogen) atoms. The first-order valence-electron chi connectivity index (χ1n) is 7.33. The molecular formula is C18H17F2NO3. The summed E-state index contributed by atoms with van der Waals surface area (Å²) in [5.41, 5.74) is 0.397. The Morgan fingerprint density at radius 2 is 1.79 bits per heavy atom. The van der Waals surface area contributed by atoms with Crippen molar-refractivity contribution < 1.29 is 23.0 Å². The molecule has 2 aromatic rings. The zero-order valence-electron chi connectivity index (χ0n) is 12.8. The Bertz CT molecular complexity index is 675. The summed E-state index contributed by atoms with van der Waals surface area (Å²) in [5, 5.41) is 2.64. The molecule has 0 atom stereocenters. The van der Waals surface area contributed by atoms with Gasteiger partial charge >= 0.3 is 6.61 Å². The van der Waals surface area contributed by atoms with E-state index in [9.17, 15) is 13.6 Å². The summed E-state index contributed by atoms with van der Waals surface area (Å²) in [5.74, 6) is 0.392. The van der Waals surface area contributed by atoms with E-state index in [4.69, 9.17) is 4.74 Å². The van der Waals surface area contributed by atoms with Crippen molar-refractivity contribution in [3.8, 4) is 11.5 Å². The number of ether oxygens (including phenoxy) is 2. The summed E-state index contributed by atoms with van der Waals surface area (Å²) in [6.07, 6.45) is 2.68. The van der Waals surface area contributed by atoms with Crippen molar-refractivity contribution in [1.82, 2.24) is 5.32 Å². The van der Waals surface area contributed by atoms with Gasteiger partial charge < -0.3 is 14.8 Å². The van der Waals surface area contributed by atoms with Crippen molar-refractivity contribution >= 4 is 12.0 Å². The third kappa shape index (κ3) is 6.08. The molecule has 6 heteroatoms. The predicted octanol–water partition coefficient (Wildman–Crippen LogP) is 3.50. The van der Waals surface area contributed by atoms with Crippen molar-refractivity contribution in [1.29, 1.82) is 0 Å². The molecule has 2 aromatic carbocycles. The lowest BCUT2D eigenvalue weighted by Crippen LogP contribution is -2.26. The quantitative estimate of drug-likeness (QED) is 0.594. The van der Waals surface area contributed by atoms with E-state index in [1.54, 1.807) is 18.2 Å². The number of alkyl halides is 2. The fraction of sp³-hybridized carbons (Fsp3) is 0.167. The van der Waals surface area contributed by atoms with E-state index in [0.717, 1.165) is 5.75 Å². The molecular weight excluding hydrogens is 316 g/mol. The number of amides is 1. The molecule has 0 fully saturated rings. The third-order valence-electron chi connectivity index (χ3n) is 2.96. The second kappa shape index (κ2) is 9.29. The van der Waals surface area contributed by atoms with Crippen LogP contribution in [0.5, 0.6) is 11.5 Å². The number of halogens is 2. The van der Waals surface area contributed by atoms with Crippen molar-refractivity contribution in [2.45, 2.75) is 6.61 Å². The number of carbonyl (C=O) groups is 1. The van der Waals surface area contributed by atoms with Gasteiger partial charge in [-0.1, -0.05) is 36.4 Å². The van der Waals surface area contributed by atoms with Gasteiger partial charge in [0.15, 0.2) is 0 Å². The SMILES string of the molecule is O=C(/C=C/c1ccccc1OC(F)F)NCCOc1ccccc1. The van der Waals surface area contributed by atoms with Gasteiger partial charge in [-0.3, -0.25) is 4.79 Å². The maximum Gasteiger partial charge on any atom is 0.387 e. The average molecular weight is 333 g/mol. The fourth-order valence-corrected chi connectivity index (χ4v) is 1.91. The van der Waals surface area contributed by atoms with Crippen molar-refractivity contribution in [3.63, 3.8) is 0 Å². The number of carbonyl (C=O) groups excluding carboxylic acids is 1. The molecule has 0 aliphatic rings. The number of hydrogen-bond donors (Lipinski definition) is 1. The third-order valence-corrected chi connectivity index (χ3v) is 2.96. The largest absolute Gasteiger partial charge is 0.492 e. The van der Waals surface area contributed by atoms with E-state index in [0.29, 0.717) is 18.7 Å². The molecule has 0 saturated carbocycles. The highest BCUT2D eigenvalue weighted by Gasteiger charge is 2.07. The van der Waals surface area contributed by atoms with Gasteiger partial charge in [-0.05, 0) is 24.3 Å². The highest BCUT2D eigenvalue weighted by atomic mass is 19.3. The summed E-state index contributed by atoms with van der Waals surface area (Å²) >= 11 is 0. The van der Waals surface area contributed by atoms with Crippen LogP contribution >= 0.6 is 0 Å². The molecule has 0 heterocycles. The molecule has 0 saturated heterocycles. The molecule has 2 rings (SSSR count). The van der Waals surface area contributed by atoms with Crippen molar-refractivity contribution in [2.24, 2.45) is 0 Å². The fourth-order valence-electron chi connectivity index (χ4n) is 1.91. The van der Waals surface area contributed by atoms with Crippen LogP contribution in [0.4, 0.5) is 8.78 Å². The Balaban J connectivity index is 1.79. The van der Waals surface area contributed by atoms with Crippen LogP contribution in [0.3, 0.4) is 0 Å². The molecule has 4 nitrogen and oxygen atoms in total. The lowest BCUT2D eigenvalue weighted by Gasteiger charge is -2.07. The maximum absolute atomic E-state index is 12.3. The number of rotatable bonds is 8. The van der Waals surface area contributed by atoms with Crippen LogP contribution in [0.1, 0.15) is 5.56 Å². The van der Waals surface area contributed by atoms with Gasteiger partial charge in [0.25, 0.3) is 0 Å². The summed E-state index contributed by atoms with van der Waals surface area (Å²) in [6.45, 7) is -2.26. The van der Waals surface area contributed by atoms with Gasteiger partial charge in [0.05, 0.1) is 6.54 Å². The maximum atomic E-state index is 12.3. The molecule has 0 radical (unpaired) electrons. The molecule has 1 amide bonds. The van der Waals surface area contributed by atoms with E-state index in [2.05, 4.69) is 10.1 Å². The Morgan fingerprint density at radius 3 is 2.54 bits per heavy atom. The van der Waals surface area contributed by atoms with E-state index < -0.39 is 6.61 Å². The molecule has 126 valence electrons. The molecule has 0 spiro atoms. The molecule has 0 aromatic heterocycles.